The Balaban J connectivity index is 1.92. The van der Waals surface area contributed by atoms with Crippen molar-refractivity contribution in [2.45, 2.75) is 13.0 Å². The third kappa shape index (κ3) is 4.03. The van der Waals surface area contributed by atoms with Gasteiger partial charge in [-0.2, -0.15) is 0 Å². The smallest absolute Gasteiger partial charge is 0.248 e. The quantitative estimate of drug-likeness (QED) is 0.839. The molecule has 0 unspecified atom stereocenters. The summed E-state index contributed by atoms with van der Waals surface area (Å²) < 4.78 is 0. The van der Waals surface area contributed by atoms with Crippen LogP contribution >= 0.6 is 0 Å². The van der Waals surface area contributed by atoms with Crippen LogP contribution in [-0.4, -0.2) is 60.9 Å². The number of nitrogens with two attached hydrogens (primary N) is 1. The number of benzene rings is 1. The molecule has 1 aliphatic heterocycles. The van der Waals surface area contributed by atoms with Crippen LogP contribution in [0.25, 0.3) is 0 Å². The molecule has 0 aromatic heterocycles. The third-order valence-electron chi connectivity index (χ3n) is 3.90. The number of anilines is 1. The van der Waals surface area contributed by atoms with Crippen molar-refractivity contribution in [2.75, 3.05) is 38.5 Å². The van der Waals surface area contributed by atoms with Crippen LogP contribution in [0.2, 0.25) is 0 Å². The lowest BCUT2D eigenvalue weighted by Crippen LogP contribution is -2.51. The van der Waals surface area contributed by atoms with Crippen LogP contribution in [0.4, 0.5) is 5.69 Å². The highest BCUT2D eigenvalue weighted by Crippen LogP contribution is 2.12. The van der Waals surface area contributed by atoms with Crippen LogP contribution in [0.1, 0.15) is 17.3 Å². The van der Waals surface area contributed by atoms with Gasteiger partial charge >= 0.3 is 0 Å². The number of hydrogen-bond donors (Lipinski definition) is 2. The minimum Gasteiger partial charge on any atom is -0.366 e. The van der Waals surface area contributed by atoms with Crippen LogP contribution in [0.15, 0.2) is 24.3 Å². The zero-order chi connectivity index (χ0) is 15.4. The Bertz CT molecular complexity index is 507. The zero-order valence-electron chi connectivity index (χ0n) is 12.5. The normalized spacial score (nSPS) is 18.2. The molecule has 1 heterocycles. The van der Waals surface area contributed by atoms with E-state index < -0.39 is 5.91 Å². The molecule has 0 saturated carbocycles. The molecule has 6 heteroatoms. The van der Waals surface area contributed by atoms with Gasteiger partial charge < -0.3 is 16.0 Å². The largest absolute Gasteiger partial charge is 0.366 e. The van der Waals surface area contributed by atoms with Crippen molar-refractivity contribution in [2.24, 2.45) is 5.73 Å². The number of nitrogens with one attached hydrogen (secondary N) is 1. The fraction of sp³-hybridized carbons (Fsp3) is 0.467. The van der Waals surface area contributed by atoms with Gasteiger partial charge in [-0.15, -0.1) is 0 Å². The average molecular weight is 290 g/mol. The van der Waals surface area contributed by atoms with E-state index >= 15 is 0 Å². The van der Waals surface area contributed by atoms with Crippen LogP contribution in [0.3, 0.4) is 0 Å². The van der Waals surface area contributed by atoms with Crippen molar-refractivity contribution < 1.29 is 9.59 Å². The highest BCUT2D eigenvalue weighted by atomic mass is 16.2. The van der Waals surface area contributed by atoms with Gasteiger partial charge in [0.25, 0.3) is 0 Å². The van der Waals surface area contributed by atoms with E-state index in [0.717, 1.165) is 26.2 Å². The lowest BCUT2D eigenvalue weighted by atomic mass is 10.2. The maximum Gasteiger partial charge on any atom is 0.248 e. The van der Waals surface area contributed by atoms with E-state index in [-0.39, 0.29) is 11.9 Å². The summed E-state index contributed by atoms with van der Waals surface area (Å²) in [4.78, 5) is 27.7. The van der Waals surface area contributed by atoms with Crippen molar-refractivity contribution in [3.05, 3.63) is 29.8 Å². The molecule has 1 aliphatic rings. The minimum absolute atomic E-state index is 0.0358. The number of hydrogen-bond acceptors (Lipinski definition) is 4. The van der Waals surface area contributed by atoms with Gasteiger partial charge in [0, 0.05) is 37.4 Å². The van der Waals surface area contributed by atoms with Gasteiger partial charge in [-0.25, -0.2) is 0 Å². The average Bonchev–Trinajstić information content (AvgIpc) is 2.47. The number of primary amides is 1. The fourth-order valence-corrected chi connectivity index (χ4v) is 2.34. The number of nitrogens with zero attached hydrogens (tertiary/aromatic N) is 2. The summed E-state index contributed by atoms with van der Waals surface area (Å²) in [5.41, 5.74) is 6.29. The Morgan fingerprint density at radius 1 is 1.14 bits per heavy atom. The van der Waals surface area contributed by atoms with E-state index in [0.29, 0.717) is 11.3 Å². The molecule has 3 N–H and O–H groups in total. The summed E-state index contributed by atoms with van der Waals surface area (Å²) in [6.45, 7) is 5.66. The van der Waals surface area contributed by atoms with Crippen molar-refractivity contribution in [1.82, 2.24) is 9.80 Å². The molecular weight excluding hydrogens is 268 g/mol. The number of rotatable bonds is 4. The van der Waals surface area contributed by atoms with Crippen molar-refractivity contribution >= 4 is 17.5 Å². The molecule has 21 heavy (non-hydrogen) atoms. The summed E-state index contributed by atoms with van der Waals surface area (Å²) >= 11 is 0. The Labute approximate surface area is 124 Å². The van der Waals surface area contributed by atoms with Crippen molar-refractivity contribution in [3.8, 4) is 0 Å². The highest BCUT2D eigenvalue weighted by molar-refractivity contribution is 5.96. The van der Waals surface area contributed by atoms with Crippen LogP contribution < -0.4 is 11.1 Å². The van der Waals surface area contributed by atoms with Gasteiger partial charge in [-0.3, -0.25) is 14.5 Å². The maximum absolute atomic E-state index is 12.3. The molecule has 1 aromatic rings. The van der Waals surface area contributed by atoms with Gasteiger partial charge in [0.2, 0.25) is 11.8 Å². The summed E-state index contributed by atoms with van der Waals surface area (Å²) in [5.74, 6) is -0.509. The molecule has 0 bridgehead atoms. The summed E-state index contributed by atoms with van der Waals surface area (Å²) in [5, 5.41) is 2.87. The molecule has 2 amide bonds. The lowest BCUT2D eigenvalue weighted by molar-refractivity contribution is -0.121. The fourth-order valence-electron chi connectivity index (χ4n) is 2.34. The van der Waals surface area contributed by atoms with Crippen LogP contribution in [0, 0.1) is 0 Å². The van der Waals surface area contributed by atoms with Gasteiger partial charge in [-0.1, -0.05) is 0 Å². The summed E-state index contributed by atoms with van der Waals surface area (Å²) in [7, 11) is 2.09. The van der Waals surface area contributed by atoms with Crippen LogP contribution in [0.5, 0.6) is 0 Å². The first-order valence-corrected chi connectivity index (χ1v) is 7.10. The highest BCUT2D eigenvalue weighted by Gasteiger charge is 2.24. The second kappa shape index (κ2) is 6.69. The first-order valence-electron chi connectivity index (χ1n) is 7.10. The molecule has 1 atom stereocenters. The summed E-state index contributed by atoms with van der Waals surface area (Å²) in [6, 6.07) is 6.43. The SMILES string of the molecule is C[C@H](C(=O)Nc1ccc(C(N)=O)cc1)N1CCN(C)CC1. The first-order chi connectivity index (χ1) is 9.97. The standard InChI is InChI=1S/C15H22N4O2/c1-11(19-9-7-18(2)8-10-19)15(21)17-13-5-3-12(4-6-13)14(16)20/h3-6,11H,7-10H2,1-2H3,(H2,16,20)(H,17,21)/t11-/m1/s1. The Morgan fingerprint density at radius 2 is 1.71 bits per heavy atom. The lowest BCUT2D eigenvalue weighted by Gasteiger charge is -2.35. The van der Waals surface area contributed by atoms with Gasteiger partial charge in [0.05, 0.1) is 6.04 Å². The third-order valence-corrected chi connectivity index (χ3v) is 3.90. The minimum atomic E-state index is -0.473. The maximum atomic E-state index is 12.3. The summed E-state index contributed by atoms with van der Waals surface area (Å²) in [6.07, 6.45) is 0. The van der Waals surface area contributed by atoms with E-state index in [1.807, 2.05) is 6.92 Å². The molecular formula is C15H22N4O2. The molecule has 114 valence electrons. The number of carbonyl (C=O) groups is 2. The zero-order valence-corrected chi connectivity index (χ0v) is 12.5. The predicted molar refractivity (Wildman–Crippen MR) is 82.1 cm³/mol. The first kappa shape index (κ1) is 15.5. The van der Waals surface area contributed by atoms with Gasteiger partial charge in [-0.05, 0) is 38.2 Å². The number of carbonyl (C=O) groups excluding carboxylic acids is 2. The van der Waals surface area contributed by atoms with Crippen LogP contribution in [-0.2, 0) is 4.79 Å². The van der Waals surface area contributed by atoms with Gasteiger partial charge in [0.1, 0.15) is 0 Å². The topological polar surface area (TPSA) is 78.7 Å². The predicted octanol–water partition coefficient (Wildman–Crippen LogP) is 0.360. The molecule has 2 rings (SSSR count). The molecule has 0 aliphatic carbocycles. The number of piperazine rings is 1. The van der Waals surface area contributed by atoms with E-state index in [1.54, 1.807) is 24.3 Å². The molecule has 6 nitrogen and oxygen atoms in total. The molecule has 1 saturated heterocycles. The Kier molecular flexibility index (Phi) is 4.93. The van der Waals surface area contributed by atoms with Crippen molar-refractivity contribution in [3.63, 3.8) is 0 Å². The molecule has 1 fully saturated rings. The number of amides is 2. The second-order valence-corrected chi connectivity index (χ2v) is 5.45. The van der Waals surface area contributed by atoms with E-state index in [9.17, 15) is 9.59 Å². The van der Waals surface area contributed by atoms with E-state index in [4.69, 9.17) is 5.73 Å². The number of likely N-dealkylation sites (N-methyl/N-ethyl adjacent to an activating group) is 1. The molecule has 0 radical (unpaired) electrons. The second-order valence-electron chi connectivity index (χ2n) is 5.45. The Morgan fingerprint density at radius 3 is 2.24 bits per heavy atom. The van der Waals surface area contributed by atoms with E-state index in [2.05, 4.69) is 22.2 Å². The molecule has 0 spiro atoms. The van der Waals surface area contributed by atoms with Gasteiger partial charge in [0.15, 0.2) is 0 Å². The van der Waals surface area contributed by atoms with E-state index in [1.165, 1.54) is 0 Å². The Hall–Kier alpha value is -1.92. The monoisotopic (exact) mass is 290 g/mol. The van der Waals surface area contributed by atoms with Crippen molar-refractivity contribution in [1.29, 1.82) is 0 Å². The molecule has 1 aromatic carbocycles.